The van der Waals surface area contributed by atoms with Crippen LogP contribution in [0.25, 0.3) is 0 Å². The van der Waals surface area contributed by atoms with Crippen LogP contribution < -0.4 is 5.73 Å². The van der Waals surface area contributed by atoms with Gasteiger partial charge < -0.3 is 5.73 Å². The molecule has 0 aliphatic heterocycles. The van der Waals surface area contributed by atoms with Crippen LogP contribution >= 0.6 is 11.8 Å². The summed E-state index contributed by atoms with van der Waals surface area (Å²) in [6, 6.07) is 5.68. The van der Waals surface area contributed by atoms with E-state index in [1.807, 2.05) is 25.1 Å². The van der Waals surface area contributed by atoms with Crippen molar-refractivity contribution in [1.82, 2.24) is 0 Å². The highest BCUT2D eigenvalue weighted by Crippen LogP contribution is 2.25. The van der Waals surface area contributed by atoms with E-state index in [4.69, 9.17) is 5.73 Å². The summed E-state index contributed by atoms with van der Waals surface area (Å²) in [5, 5.41) is 0. The molecule has 84 valence electrons. The normalized spacial score (nSPS) is 11.6. The average molecular weight is 245 g/mol. The number of anilines is 1. The Hall–Kier alpha value is -0.680. The lowest BCUT2D eigenvalue weighted by Gasteiger charge is -2.07. The van der Waals surface area contributed by atoms with Crippen molar-refractivity contribution in [2.75, 3.05) is 23.5 Å². The number of benzene rings is 1. The van der Waals surface area contributed by atoms with Crippen LogP contribution in [0, 0.1) is 6.92 Å². The first-order valence-electron chi connectivity index (χ1n) is 4.56. The minimum Gasteiger partial charge on any atom is -0.398 e. The second-order valence-electron chi connectivity index (χ2n) is 3.45. The van der Waals surface area contributed by atoms with Crippen LogP contribution in [-0.4, -0.2) is 26.2 Å². The van der Waals surface area contributed by atoms with E-state index in [9.17, 15) is 8.42 Å². The number of hydrogen-bond acceptors (Lipinski definition) is 4. The van der Waals surface area contributed by atoms with Gasteiger partial charge in [-0.15, -0.1) is 11.8 Å². The number of thioether (sulfide) groups is 1. The zero-order valence-corrected chi connectivity index (χ0v) is 10.5. The fourth-order valence-corrected chi connectivity index (χ4v) is 3.36. The van der Waals surface area contributed by atoms with Crippen LogP contribution in [0.5, 0.6) is 0 Å². The molecule has 2 N–H and O–H groups in total. The molecule has 1 aromatic carbocycles. The van der Waals surface area contributed by atoms with Crippen molar-refractivity contribution in [3.63, 3.8) is 0 Å². The van der Waals surface area contributed by atoms with Crippen LogP contribution in [0.4, 0.5) is 5.69 Å². The van der Waals surface area contributed by atoms with Gasteiger partial charge in [0.25, 0.3) is 0 Å². The molecule has 0 unspecified atom stereocenters. The smallest absolute Gasteiger partial charge is 0.148 e. The summed E-state index contributed by atoms with van der Waals surface area (Å²) >= 11 is 1.53. The summed E-state index contributed by atoms with van der Waals surface area (Å²) in [5.74, 6) is 0.773. The zero-order valence-electron chi connectivity index (χ0n) is 8.86. The summed E-state index contributed by atoms with van der Waals surface area (Å²) in [6.45, 7) is 1.94. The molecular weight excluding hydrogens is 230 g/mol. The van der Waals surface area contributed by atoms with Gasteiger partial charge in [-0.25, -0.2) is 8.42 Å². The fourth-order valence-electron chi connectivity index (χ4n) is 1.09. The molecule has 0 atom stereocenters. The molecule has 0 fully saturated rings. The van der Waals surface area contributed by atoms with E-state index in [0.29, 0.717) is 5.75 Å². The highest BCUT2D eigenvalue weighted by molar-refractivity contribution is 8.00. The third-order valence-corrected chi connectivity index (χ3v) is 4.40. The Labute approximate surface area is 95.0 Å². The Kier molecular flexibility index (Phi) is 4.04. The van der Waals surface area contributed by atoms with Gasteiger partial charge in [0, 0.05) is 22.6 Å². The fraction of sp³-hybridized carbons (Fsp3) is 0.400. The predicted molar refractivity (Wildman–Crippen MR) is 66.0 cm³/mol. The van der Waals surface area contributed by atoms with E-state index in [2.05, 4.69) is 0 Å². The van der Waals surface area contributed by atoms with Gasteiger partial charge in [-0.05, 0) is 24.6 Å². The van der Waals surface area contributed by atoms with Crippen molar-refractivity contribution in [2.45, 2.75) is 11.8 Å². The Morgan fingerprint density at radius 1 is 1.40 bits per heavy atom. The Bertz CT molecular complexity index is 441. The van der Waals surface area contributed by atoms with Gasteiger partial charge >= 0.3 is 0 Å². The summed E-state index contributed by atoms with van der Waals surface area (Å²) in [7, 11) is -2.87. The van der Waals surface area contributed by atoms with E-state index < -0.39 is 9.84 Å². The van der Waals surface area contributed by atoms with Gasteiger partial charge in [0.2, 0.25) is 0 Å². The third-order valence-electron chi connectivity index (χ3n) is 2.04. The molecule has 0 spiro atoms. The minimum absolute atomic E-state index is 0.200. The van der Waals surface area contributed by atoms with Crippen molar-refractivity contribution >= 4 is 27.3 Å². The van der Waals surface area contributed by atoms with Gasteiger partial charge in [-0.2, -0.15) is 0 Å². The molecule has 0 heterocycles. The van der Waals surface area contributed by atoms with Gasteiger partial charge in [0.1, 0.15) is 9.84 Å². The molecular formula is C10H15NO2S2. The summed E-state index contributed by atoms with van der Waals surface area (Å²) < 4.78 is 21.9. The molecule has 0 saturated carbocycles. The van der Waals surface area contributed by atoms with Crippen LogP contribution in [-0.2, 0) is 9.84 Å². The van der Waals surface area contributed by atoms with Crippen LogP contribution in [0.2, 0.25) is 0 Å². The van der Waals surface area contributed by atoms with Gasteiger partial charge in [0.15, 0.2) is 0 Å². The molecule has 0 radical (unpaired) electrons. The molecule has 0 aromatic heterocycles. The molecule has 0 aliphatic rings. The van der Waals surface area contributed by atoms with Crippen molar-refractivity contribution < 1.29 is 8.42 Å². The van der Waals surface area contributed by atoms with Gasteiger partial charge in [-0.3, -0.25) is 0 Å². The zero-order chi connectivity index (χ0) is 11.5. The van der Waals surface area contributed by atoms with Crippen LogP contribution in [0.3, 0.4) is 0 Å². The molecule has 0 saturated heterocycles. The topological polar surface area (TPSA) is 60.2 Å². The summed E-state index contributed by atoms with van der Waals surface area (Å²) in [4.78, 5) is 1.05. The van der Waals surface area contributed by atoms with Crippen LogP contribution in [0.1, 0.15) is 5.56 Å². The Balaban J connectivity index is 2.62. The monoisotopic (exact) mass is 245 g/mol. The molecule has 15 heavy (non-hydrogen) atoms. The first kappa shape index (κ1) is 12.4. The molecule has 5 heteroatoms. The predicted octanol–water partition coefficient (Wildman–Crippen LogP) is 1.71. The SMILES string of the molecule is Cc1c(N)cccc1SCCS(C)(=O)=O. The first-order chi connectivity index (χ1) is 6.90. The third kappa shape index (κ3) is 4.13. The van der Waals surface area contributed by atoms with Crippen molar-refractivity contribution in [3.05, 3.63) is 23.8 Å². The highest BCUT2D eigenvalue weighted by atomic mass is 32.2. The summed E-state index contributed by atoms with van der Waals surface area (Å²) in [6.07, 6.45) is 1.25. The molecule has 0 amide bonds. The maximum absolute atomic E-state index is 10.9. The van der Waals surface area contributed by atoms with Crippen LogP contribution in [0.15, 0.2) is 23.1 Å². The Morgan fingerprint density at radius 3 is 2.67 bits per heavy atom. The summed E-state index contributed by atoms with van der Waals surface area (Å²) in [5.41, 5.74) is 7.52. The number of sulfone groups is 1. The standard InChI is InChI=1S/C10H15NO2S2/c1-8-9(11)4-3-5-10(8)14-6-7-15(2,12)13/h3-5H,6-7,11H2,1-2H3. The lowest BCUT2D eigenvalue weighted by molar-refractivity contribution is 0.603. The second kappa shape index (κ2) is 4.90. The number of nitrogen functional groups attached to an aromatic ring is 1. The number of hydrogen-bond donors (Lipinski definition) is 1. The first-order valence-corrected chi connectivity index (χ1v) is 7.60. The number of nitrogens with two attached hydrogens (primary N) is 1. The number of rotatable bonds is 4. The average Bonchev–Trinajstić information content (AvgIpc) is 2.10. The molecule has 0 bridgehead atoms. The van der Waals surface area contributed by atoms with Gasteiger partial charge in [0.05, 0.1) is 5.75 Å². The van der Waals surface area contributed by atoms with E-state index in [0.717, 1.165) is 16.1 Å². The molecule has 1 rings (SSSR count). The largest absolute Gasteiger partial charge is 0.398 e. The highest BCUT2D eigenvalue weighted by Gasteiger charge is 2.05. The maximum Gasteiger partial charge on any atom is 0.148 e. The minimum atomic E-state index is -2.87. The lowest BCUT2D eigenvalue weighted by atomic mass is 10.2. The molecule has 1 aromatic rings. The maximum atomic E-state index is 10.9. The Morgan fingerprint density at radius 2 is 2.07 bits per heavy atom. The van der Waals surface area contributed by atoms with E-state index in [1.165, 1.54) is 18.0 Å². The van der Waals surface area contributed by atoms with E-state index >= 15 is 0 Å². The van der Waals surface area contributed by atoms with Crippen molar-refractivity contribution in [1.29, 1.82) is 0 Å². The molecule has 0 aliphatic carbocycles. The van der Waals surface area contributed by atoms with Gasteiger partial charge in [-0.1, -0.05) is 6.07 Å². The molecule has 3 nitrogen and oxygen atoms in total. The van der Waals surface area contributed by atoms with E-state index in [-0.39, 0.29) is 5.75 Å². The van der Waals surface area contributed by atoms with E-state index in [1.54, 1.807) is 0 Å². The van der Waals surface area contributed by atoms with Crippen molar-refractivity contribution in [2.24, 2.45) is 0 Å². The quantitative estimate of drug-likeness (QED) is 0.648. The lowest BCUT2D eigenvalue weighted by Crippen LogP contribution is -2.05. The second-order valence-corrected chi connectivity index (χ2v) is 6.85. The van der Waals surface area contributed by atoms with Crippen molar-refractivity contribution in [3.8, 4) is 0 Å².